The molecule has 1 saturated heterocycles. The van der Waals surface area contributed by atoms with E-state index in [2.05, 4.69) is 0 Å². The fourth-order valence-electron chi connectivity index (χ4n) is 4.35. The quantitative estimate of drug-likeness (QED) is 0.277. The van der Waals surface area contributed by atoms with E-state index < -0.39 is 11.9 Å². The molecule has 0 bridgehead atoms. The summed E-state index contributed by atoms with van der Waals surface area (Å²) in [5, 5.41) is 0.225. The van der Waals surface area contributed by atoms with Gasteiger partial charge < -0.3 is 18.9 Å². The van der Waals surface area contributed by atoms with Gasteiger partial charge >= 0.3 is 11.9 Å². The number of rotatable bonds is 8. The Bertz CT molecular complexity index is 1150. The number of carbonyl (C=O) groups is 3. The summed E-state index contributed by atoms with van der Waals surface area (Å²) in [5.41, 5.74) is 0.642. The van der Waals surface area contributed by atoms with Crippen LogP contribution in [0.3, 0.4) is 0 Å². The Morgan fingerprint density at radius 1 is 1.09 bits per heavy atom. The molecule has 1 aliphatic heterocycles. The van der Waals surface area contributed by atoms with Gasteiger partial charge in [0.25, 0.3) is 0 Å². The summed E-state index contributed by atoms with van der Waals surface area (Å²) in [4.78, 5) is 39.6. The molecule has 1 fully saturated rings. The average molecular weight is 524 g/mol. The van der Waals surface area contributed by atoms with Crippen LogP contribution in [0, 0.1) is 0 Å². The van der Waals surface area contributed by atoms with Crippen LogP contribution in [-0.2, 0) is 9.53 Å². The van der Waals surface area contributed by atoms with E-state index in [-0.39, 0.29) is 57.0 Å². The highest BCUT2D eigenvalue weighted by atomic mass is 35.5. The van der Waals surface area contributed by atoms with Crippen molar-refractivity contribution in [3.05, 3.63) is 51.0 Å². The summed E-state index contributed by atoms with van der Waals surface area (Å²) in [6, 6.07) is 5.96. The number of likely N-dealkylation sites (N-methyl/N-ethyl adjacent to an activating group) is 1. The van der Waals surface area contributed by atoms with Crippen molar-refractivity contribution in [3.63, 3.8) is 0 Å². The Balaban J connectivity index is 2.21. The van der Waals surface area contributed by atoms with E-state index in [0.717, 1.165) is 0 Å². The minimum absolute atomic E-state index is 0.0165. The first kappa shape index (κ1) is 26.8. The molecule has 0 amide bonds. The largest absolute Gasteiger partial charge is 0.496 e. The normalized spacial score (nSPS) is 17.7. The molecule has 0 saturated carbocycles. The maximum absolute atomic E-state index is 13.3. The number of likely N-dealkylation sites (tertiary alicyclic amines) is 1. The number of nitrogens with zero attached hydrogens (tertiary/aromatic N) is 1. The molecule has 0 aromatic heterocycles. The molecule has 0 N–H and O–H groups in total. The zero-order valence-electron chi connectivity index (χ0n) is 20.1. The smallest absolute Gasteiger partial charge is 0.345 e. The Kier molecular flexibility index (Phi) is 8.64. The molecule has 10 heteroatoms. The molecule has 3 rings (SSSR count). The van der Waals surface area contributed by atoms with Crippen molar-refractivity contribution in [1.29, 1.82) is 0 Å². The number of benzene rings is 2. The molecule has 8 nitrogen and oxygen atoms in total. The molecule has 2 aromatic carbocycles. The summed E-state index contributed by atoms with van der Waals surface area (Å²) in [6.07, 6.45) is 0.644. The van der Waals surface area contributed by atoms with E-state index in [9.17, 15) is 14.4 Å². The van der Waals surface area contributed by atoms with E-state index in [1.807, 2.05) is 11.9 Å². The van der Waals surface area contributed by atoms with Gasteiger partial charge in [0.15, 0.2) is 11.5 Å². The third-order valence-electron chi connectivity index (χ3n) is 6.06. The van der Waals surface area contributed by atoms with Crippen LogP contribution in [0.5, 0.6) is 17.2 Å². The second-order valence-electron chi connectivity index (χ2n) is 8.19. The van der Waals surface area contributed by atoms with Crippen LogP contribution in [0.2, 0.25) is 10.0 Å². The van der Waals surface area contributed by atoms with Gasteiger partial charge in [-0.15, -0.1) is 0 Å². The zero-order chi connectivity index (χ0) is 25.9. The topological polar surface area (TPSA) is 91.4 Å². The lowest BCUT2D eigenvalue weighted by Gasteiger charge is -2.28. The first-order valence-electron chi connectivity index (χ1n) is 10.9. The monoisotopic (exact) mass is 523 g/mol. The number of hydrogen-bond acceptors (Lipinski definition) is 8. The second kappa shape index (κ2) is 11.3. The van der Waals surface area contributed by atoms with E-state index in [1.165, 1.54) is 34.1 Å². The number of ether oxygens (including phenoxy) is 4. The van der Waals surface area contributed by atoms with Gasteiger partial charge in [-0.1, -0.05) is 29.3 Å². The van der Waals surface area contributed by atoms with E-state index in [1.54, 1.807) is 18.2 Å². The van der Waals surface area contributed by atoms with Crippen molar-refractivity contribution >= 4 is 40.9 Å². The number of Topliss-reactive ketones (excluding diaryl/α,β-unsaturated/α-hetero) is 1. The van der Waals surface area contributed by atoms with Crippen LogP contribution < -0.4 is 14.2 Å². The lowest BCUT2D eigenvalue weighted by Crippen LogP contribution is -2.34. The Labute approximate surface area is 214 Å². The van der Waals surface area contributed by atoms with Gasteiger partial charge in [-0.25, -0.2) is 4.79 Å². The van der Waals surface area contributed by atoms with Gasteiger partial charge in [0, 0.05) is 24.5 Å². The summed E-state index contributed by atoms with van der Waals surface area (Å²) < 4.78 is 22.3. The van der Waals surface area contributed by atoms with Crippen molar-refractivity contribution in [1.82, 2.24) is 4.90 Å². The highest BCUT2D eigenvalue weighted by Gasteiger charge is 2.40. The average Bonchev–Trinajstić information content (AvgIpc) is 3.17. The molecule has 0 spiro atoms. The molecule has 2 aromatic rings. The van der Waals surface area contributed by atoms with E-state index >= 15 is 0 Å². The van der Waals surface area contributed by atoms with Gasteiger partial charge in [0.2, 0.25) is 0 Å². The number of halogens is 2. The molecule has 0 radical (unpaired) electrons. The molecule has 188 valence electrons. The third-order valence-corrected chi connectivity index (χ3v) is 6.87. The lowest BCUT2D eigenvalue weighted by atomic mass is 9.87. The van der Waals surface area contributed by atoms with Crippen LogP contribution in [-0.4, -0.2) is 63.1 Å². The summed E-state index contributed by atoms with van der Waals surface area (Å²) in [7, 11) is 4.80. The van der Waals surface area contributed by atoms with Crippen LogP contribution in [0.25, 0.3) is 0 Å². The molecule has 35 heavy (non-hydrogen) atoms. The minimum atomic E-state index is -0.792. The first-order valence-corrected chi connectivity index (χ1v) is 11.7. The third kappa shape index (κ3) is 5.55. The maximum Gasteiger partial charge on any atom is 0.345 e. The predicted molar refractivity (Wildman–Crippen MR) is 131 cm³/mol. The van der Waals surface area contributed by atoms with Crippen LogP contribution in [0.1, 0.15) is 52.5 Å². The van der Waals surface area contributed by atoms with Crippen LogP contribution in [0.4, 0.5) is 0 Å². The SMILES string of the molecule is COc1cc(OC)c(C2CCN(C)C2COC(C)=O)c(OC(=O)c2cccc(Cl)c2Cl)c1C(C)=O. The fourth-order valence-corrected chi connectivity index (χ4v) is 4.73. The standard InChI is InChI=1S/C25H27Cl2NO7/c1-13(29)21-19(32-4)11-20(33-5)22(15-9-10-28(3)18(15)12-34-14(2)30)24(21)35-25(31)16-7-6-8-17(26)23(16)27/h6-8,11,15,18H,9-10,12H2,1-5H3. The molecular weight excluding hydrogens is 497 g/mol. The fraction of sp³-hybridized carbons (Fsp3) is 0.400. The van der Waals surface area contributed by atoms with Crippen molar-refractivity contribution < 1.29 is 33.3 Å². The Hall–Kier alpha value is -2.81. The number of hydrogen-bond donors (Lipinski definition) is 0. The molecule has 2 unspecified atom stereocenters. The van der Waals surface area contributed by atoms with Crippen molar-refractivity contribution in [2.24, 2.45) is 0 Å². The Morgan fingerprint density at radius 2 is 1.77 bits per heavy atom. The van der Waals surface area contributed by atoms with Crippen LogP contribution in [0.15, 0.2) is 24.3 Å². The van der Waals surface area contributed by atoms with Gasteiger partial charge in [0.1, 0.15) is 23.7 Å². The number of methoxy groups -OCH3 is 2. The van der Waals surface area contributed by atoms with E-state index in [4.69, 9.17) is 42.1 Å². The number of ketones is 1. The number of esters is 2. The van der Waals surface area contributed by atoms with Gasteiger partial charge in [-0.05, 0) is 39.1 Å². The van der Waals surface area contributed by atoms with Gasteiger partial charge in [0.05, 0.1) is 35.9 Å². The number of carbonyl (C=O) groups excluding carboxylic acids is 3. The zero-order valence-corrected chi connectivity index (χ0v) is 21.7. The Morgan fingerprint density at radius 3 is 2.37 bits per heavy atom. The van der Waals surface area contributed by atoms with Crippen molar-refractivity contribution in [3.8, 4) is 17.2 Å². The van der Waals surface area contributed by atoms with E-state index in [0.29, 0.717) is 24.3 Å². The molecule has 1 aliphatic rings. The predicted octanol–water partition coefficient (Wildman–Crippen LogP) is 4.78. The first-order chi connectivity index (χ1) is 16.6. The summed E-state index contributed by atoms with van der Waals surface area (Å²) in [5.74, 6) is -1.26. The molecule has 0 aliphatic carbocycles. The highest BCUT2D eigenvalue weighted by molar-refractivity contribution is 6.43. The summed E-state index contributed by atoms with van der Waals surface area (Å²) >= 11 is 12.3. The van der Waals surface area contributed by atoms with Crippen LogP contribution >= 0.6 is 23.2 Å². The lowest BCUT2D eigenvalue weighted by molar-refractivity contribution is -0.142. The molecular formula is C25H27Cl2NO7. The maximum atomic E-state index is 13.3. The van der Waals surface area contributed by atoms with Gasteiger partial charge in [-0.3, -0.25) is 14.5 Å². The molecule has 1 heterocycles. The summed E-state index contributed by atoms with van der Waals surface area (Å²) in [6.45, 7) is 3.51. The molecule has 2 atom stereocenters. The van der Waals surface area contributed by atoms with Gasteiger partial charge in [-0.2, -0.15) is 0 Å². The van der Waals surface area contributed by atoms with Crippen molar-refractivity contribution in [2.75, 3.05) is 34.4 Å². The minimum Gasteiger partial charge on any atom is -0.496 e. The van der Waals surface area contributed by atoms with Crippen molar-refractivity contribution in [2.45, 2.75) is 32.2 Å². The second-order valence-corrected chi connectivity index (χ2v) is 8.98. The highest BCUT2D eigenvalue weighted by Crippen LogP contribution is 2.48.